The van der Waals surface area contributed by atoms with Gasteiger partial charge in [0.1, 0.15) is 5.75 Å². The molecular formula is C17H21NO. The number of hydrogen-bond donors (Lipinski definition) is 1. The van der Waals surface area contributed by atoms with Gasteiger partial charge in [0.15, 0.2) is 0 Å². The highest BCUT2D eigenvalue weighted by Gasteiger charge is 2.26. The van der Waals surface area contributed by atoms with E-state index in [9.17, 15) is 0 Å². The van der Waals surface area contributed by atoms with Crippen LogP contribution in [0.25, 0.3) is 10.8 Å². The van der Waals surface area contributed by atoms with Gasteiger partial charge in [-0.15, -0.1) is 0 Å². The van der Waals surface area contributed by atoms with Crippen LogP contribution in [0.1, 0.15) is 30.9 Å². The smallest absolute Gasteiger partial charge is 0.126 e. The molecule has 1 aliphatic rings. The lowest BCUT2D eigenvalue weighted by molar-refractivity contribution is 0.419. The molecule has 100 valence electrons. The quantitative estimate of drug-likeness (QED) is 0.874. The van der Waals surface area contributed by atoms with Crippen molar-refractivity contribution in [3.63, 3.8) is 0 Å². The summed E-state index contributed by atoms with van der Waals surface area (Å²) in [6.45, 7) is 0. The molecule has 3 rings (SSSR count). The first-order valence-electron chi connectivity index (χ1n) is 7.06. The second-order valence-corrected chi connectivity index (χ2v) is 5.42. The second-order valence-electron chi connectivity index (χ2n) is 5.42. The fourth-order valence-electron chi connectivity index (χ4n) is 2.86. The highest BCUT2D eigenvalue weighted by molar-refractivity contribution is 5.91. The Morgan fingerprint density at radius 1 is 1.16 bits per heavy atom. The van der Waals surface area contributed by atoms with Crippen molar-refractivity contribution in [2.75, 3.05) is 14.2 Å². The molecule has 19 heavy (non-hydrogen) atoms. The Hall–Kier alpha value is -1.54. The zero-order chi connectivity index (χ0) is 13.2. The van der Waals surface area contributed by atoms with Crippen LogP contribution >= 0.6 is 0 Å². The molecule has 0 amide bonds. The van der Waals surface area contributed by atoms with E-state index in [-0.39, 0.29) is 0 Å². The Morgan fingerprint density at radius 3 is 2.53 bits per heavy atom. The highest BCUT2D eigenvalue weighted by Crippen LogP contribution is 2.40. The average molecular weight is 255 g/mol. The van der Waals surface area contributed by atoms with E-state index in [1.807, 2.05) is 0 Å². The third kappa shape index (κ3) is 2.45. The summed E-state index contributed by atoms with van der Waals surface area (Å²) < 4.78 is 5.47. The minimum atomic E-state index is 0.448. The van der Waals surface area contributed by atoms with Crippen molar-refractivity contribution in [2.45, 2.75) is 25.3 Å². The van der Waals surface area contributed by atoms with E-state index in [4.69, 9.17) is 4.74 Å². The van der Waals surface area contributed by atoms with E-state index >= 15 is 0 Å². The van der Waals surface area contributed by atoms with Gasteiger partial charge in [0, 0.05) is 11.4 Å². The third-order valence-electron chi connectivity index (χ3n) is 4.13. The molecule has 1 atom stereocenters. The molecule has 0 spiro atoms. The van der Waals surface area contributed by atoms with Gasteiger partial charge in [0.2, 0.25) is 0 Å². The number of benzene rings is 2. The number of hydrogen-bond acceptors (Lipinski definition) is 2. The molecule has 1 N–H and O–H groups in total. The van der Waals surface area contributed by atoms with Gasteiger partial charge in [0.25, 0.3) is 0 Å². The van der Waals surface area contributed by atoms with Crippen LogP contribution in [0.4, 0.5) is 0 Å². The number of methoxy groups -OCH3 is 1. The molecule has 0 saturated heterocycles. The topological polar surface area (TPSA) is 21.3 Å². The lowest BCUT2D eigenvalue weighted by Gasteiger charge is -2.19. The van der Waals surface area contributed by atoms with Gasteiger partial charge >= 0.3 is 0 Å². The number of fused-ring (bicyclic) bond motifs is 1. The fourth-order valence-corrected chi connectivity index (χ4v) is 2.86. The lowest BCUT2D eigenvalue weighted by Crippen LogP contribution is -2.17. The molecular weight excluding hydrogens is 234 g/mol. The van der Waals surface area contributed by atoms with E-state index in [0.717, 1.165) is 11.7 Å². The van der Waals surface area contributed by atoms with Crippen LogP contribution < -0.4 is 10.1 Å². The highest BCUT2D eigenvalue weighted by atomic mass is 16.5. The molecule has 0 aliphatic heterocycles. The van der Waals surface area contributed by atoms with Crippen LogP contribution in [0.5, 0.6) is 5.75 Å². The summed E-state index contributed by atoms with van der Waals surface area (Å²) in [5.41, 5.74) is 1.39. The van der Waals surface area contributed by atoms with Crippen molar-refractivity contribution in [1.82, 2.24) is 5.32 Å². The predicted octanol–water partition coefficient (Wildman–Crippen LogP) is 3.91. The maximum absolute atomic E-state index is 5.47. The molecule has 0 bridgehead atoms. The van der Waals surface area contributed by atoms with E-state index in [2.05, 4.69) is 48.8 Å². The molecule has 1 aliphatic carbocycles. The van der Waals surface area contributed by atoms with Crippen molar-refractivity contribution in [2.24, 2.45) is 5.92 Å². The summed E-state index contributed by atoms with van der Waals surface area (Å²) >= 11 is 0. The van der Waals surface area contributed by atoms with Gasteiger partial charge in [-0.2, -0.15) is 0 Å². The first-order chi connectivity index (χ1) is 9.33. The van der Waals surface area contributed by atoms with Gasteiger partial charge in [0.05, 0.1) is 7.11 Å². The Labute approximate surface area is 114 Å². The lowest BCUT2D eigenvalue weighted by atomic mass is 9.95. The standard InChI is InChI=1S/C17H21NO/c1-18-16(11-12-7-8-12)14-9-10-17(19-2)15-6-4-3-5-13(14)15/h3-6,9-10,12,16,18H,7-8,11H2,1-2H3. The van der Waals surface area contributed by atoms with Gasteiger partial charge < -0.3 is 10.1 Å². The van der Waals surface area contributed by atoms with E-state index in [1.54, 1.807) is 7.11 Å². The van der Waals surface area contributed by atoms with Crippen molar-refractivity contribution < 1.29 is 4.74 Å². The van der Waals surface area contributed by atoms with Crippen LogP contribution in [-0.4, -0.2) is 14.2 Å². The second kappa shape index (κ2) is 5.22. The molecule has 2 aromatic carbocycles. The van der Waals surface area contributed by atoms with Gasteiger partial charge in [-0.05, 0) is 36.4 Å². The fraction of sp³-hybridized carbons (Fsp3) is 0.412. The van der Waals surface area contributed by atoms with Crippen molar-refractivity contribution in [1.29, 1.82) is 0 Å². The van der Waals surface area contributed by atoms with Crippen LogP contribution in [0.3, 0.4) is 0 Å². The molecule has 2 heteroatoms. The van der Waals surface area contributed by atoms with Crippen molar-refractivity contribution in [3.8, 4) is 5.75 Å². The number of nitrogens with one attached hydrogen (secondary N) is 1. The number of rotatable bonds is 5. The van der Waals surface area contributed by atoms with E-state index in [0.29, 0.717) is 6.04 Å². The molecule has 1 saturated carbocycles. The summed E-state index contributed by atoms with van der Waals surface area (Å²) in [4.78, 5) is 0. The first kappa shape index (κ1) is 12.5. The first-order valence-corrected chi connectivity index (χ1v) is 7.06. The van der Waals surface area contributed by atoms with Crippen LogP contribution in [0, 0.1) is 5.92 Å². The molecule has 0 heterocycles. The van der Waals surface area contributed by atoms with Gasteiger partial charge in [-0.3, -0.25) is 0 Å². The molecule has 2 aromatic rings. The monoisotopic (exact) mass is 255 g/mol. The zero-order valence-electron chi connectivity index (χ0n) is 11.6. The minimum absolute atomic E-state index is 0.448. The Morgan fingerprint density at radius 2 is 1.89 bits per heavy atom. The van der Waals surface area contributed by atoms with Crippen molar-refractivity contribution >= 4 is 10.8 Å². The summed E-state index contributed by atoms with van der Waals surface area (Å²) in [7, 11) is 3.80. The van der Waals surface area contributed by atoms with Crippen LogP contribution in [0.15, 0.2) is 36.4 Å². The third-order valence-corrected chi connectivity index (χ3v) is 4.13. The summed E-state index contributed by atoms with van der Waals surface area (Å²) in [6.07, 6.45) is 4.03. The minimum Gasteiger partial charge on any atom is -0.496 e. The molecule has 0 radical (unpaired) electrons. The number of ether oxygens (including phenoxy) is 1. The summed E-state index contributed by atoms with van der Waals surface area (Å²) in [5.74, 6) is 1.87. The predicted molar refractivity (Wildman–Crippen MR) is 79.6 cm³/mol. The van der Waals surface area contributed by atoms with E-state index in [1.165, 1.54) is 35.6 Å². The zero-order valence-corrected chi connectivity index (χ0v) is 11.6. The largest absolute Gasteiger partial charge is 0.496 e. The van der Waals surface area contributed by atoms with E-state index < -0.39 is 0 Å². The van der Waals surface area contributed by atoms with Gasteiger partial charge in [-0.1, -0.05) is 43.2 Å². The van der Waals surface area contributed by atoms with Crippen LogP contribution in [0.2, 0.25) is 0 Å². The molecule has 2 nitrogen and oxygen atoms in total. The molecule has 0 aromatic heterocycles. The molecule has 1 fully saturated rings. The molecule has 1 unspecified atom stereocenters. The van der Waals surface area contributed by atoms with Crippen molar-refractivity contribution in [3.05, 3.63) is 42.0 Å². The SMILES string of the molecule is CNC(CC1CC1)c1ccc(OC)c2ccccc12. The van der Waals surface area contributed by atoms with Crippen LogP contribution in [-0.2, 0) is 0 Å². The Balaban J connectivity index is 2.06. The van der Waals surface area contributed by atoms with Gasteiger partial charge in [-0.25, -0.2) is 0 Å². The Kier molecular flexibility index (Phi) is 3.43. The average Bonchev–Trinajstić information content (AvgIpc) is 3.28. The summed E-state index contributed by atoms with van der Waals surface area (Å²) in [6, 6.07) is 13.3. The summed E-state index contributed by atoms with van der Waals surface area (Å²) in [5, 5.41) is 5.99. The normalized spacial score (nSPS) is 16.5. The maximum atomic E-state index is 5.47. The maximum Gasteiger partial charge on any atom is 0.126 e. The Bertz CT molecular complexity index is 574.